The fourth-order valence-electron chi connectivity index (χ4n) is 1.72. The lowest BCUT2D eigenvalue weighted by Gasteiger charge is -2.06. The van der Waals surface area contributed by atoms with Crippen LogP contribution in [0.25, 0.3) is 22.1 Å². The maximum atomic E-state index is 10.0. The summed E-state index contributed by atoms with van der Waals surface area (Å²) < 4.78 is 2.31. The van der Waals surface area contributed by atoms with Crippen molar-refractivity contribution in [3.05, 3.63) is 37.7 Å². The predicted molar refractivity (Wildman–Crippen MR) is 81.8 cm³/mol. The minimum Gasteiger partial charge on any atom is -0.504 e. The molecule has 0 spiro atoms. The van der Waals surface area contributed by atoms with Gasteiger partial charge in [0.05, 0.1) is 15.5 Å². The number of fused-ring (bicyclic) bond motifs is 2. The van der Waals surface area contributed by atoms with Gasteiger partial charge in [0.2, 0.25) is 0 Å². The maximum Gasteiger partial charge on any atom is 0.157 e. The van der Waals surface area contributed by atoms with E-state index in [1.54, 1.807) is 6.07 Å². The molecule has 0 aliphatic carbocycles. The summed E-state index contributed by atoms with van der Waals surface area (Å²) in [5.74, 6) is 0.0996. The molecule has 0 fully saturated rings. The predicted octanol–water partition coefficient (Wildman–Crippen LogP) is 4.78. The first-order valence-corrected chi connectivity index (χ1v) is 7.38. The second kappa shape index (κ2) is 4.43. The lowest BCUT2D eigenvalue weighted by molar-refractivity contribution is 0.477. The Morgan fingerprint density at radius 3 is 2.33 bits per heavy atom. The normalized spacial score (nSPS) is 11.3. The van der Waals surface area contributed by atoms with E-state index in [9.17, 15) is 5.11 Å². The Labute approximate surface area is 128 Å². The van der Waals surface area contributed by atoms with Crippen molar-refractivity contribution in [2.24, 2.45) is 0 Å². The average molecular weight is 433 g/mol. The van der Waals surface area contributed by atoms with E-state index >= 15 is 0 Å². The molecule has 18 heavy (non-hydrogen) atoms. The quantitative estimate of drug-likeness (QED) is 0.520. The molecule has 3 rings (SSSR count). The van der Waals surface area contributed by atoms with E-state index in [0.29, 0.717) is 15.5 Å². The van der Waals surface area contributed by atoms with E-state index in [-0.39, 0.29) is 5.75 Å². The summed E-state index contributed by atoms with van der Waals surface area (Å²) in [6.45, 7) is 0. The van der Waals surface area contributed by atoms with Gasteiger partial charge in [0.15, 0.2) is 5.75 Å². The van der Waals surface area contributed by atoms with Crippen LogP contribution < -0.4 is 0 Å². The van der Waals surface area contributed by atoms with E-state index < -0.39 is 0 Å². The summed E-state index contributed by atoms with van der Waals surface area (Å²) in [5.41, 5.74) is 2.64. The van der Waals surface area contributed by atoms with Gasteiger partial charge >= 0.3 is 0 Å². The molecule has 0 saturated heterocycles. The molecule has 90 valence electrons. The van der Waals surface area contributed by atoms with E-state index in [1.807, 2.05) is 18.2 Å². The van der Waals surface area contributed by atoms with Crippen LogP contribution in [0, 0.1) is 0 Å². The largest absolute Gasteiger partial charge is 0.504 e. The molecule has 1 heterocycles. The van der Waals surface area contributed by atoms with Crippen molar-refractivity contribution in [2.45, 2.75) is 0 Å². The van der Waals surface area contributed by atoms with Crippen LogP contribution in [0.5, 0.6) is 5.75 Å². The van der Waals surface area contributed by atoms with Gasteiger partial charge in [0.25, 0.3) is 0 Å². The number of aromatic nitrogens is 2. The number of halogens is 3. The third kappa shape index (κ3) is 1.92. The Hall–Kier alpha value is -0.720. The topological polar surface area (TPSA) is 46.0 Å². The Bertz CT molecular complexity index is 789. The Morgan fingerprint density at radius 1 is 0.833 bits per heavy atom. The van der Waals surface area contributed by atoms with E-state index in [4.69, 9.17) is 0 Å². The fourth-order valence-corrected chi connectivity index (χ4v) is 3.30. The molecule has 0 bridgehead atoms. The van der Waals surface area contributed by atoms with Crippen LogP contribution in [0.15, 0.2) is 37.7 Å². The molecule has 0 amide bonds. The second-order valence-electron chi connectivity index (χ2n) is 3.74. The van der Waals surface area contributed by atoms with E-state index in [1.165, 1.54) is 0 Å². The Morgan fingerprint density at radius 2 is 1.56 bits per heavy atom. The molecule has 3 aromatic rings. The number of benzene rings is 2. The summed E-state index contributed by atoms with van der Waals surface area (Å²) in [6.07, 6.45) is 0. The van der Waals surface area contributed by atoms with Gasteiger partial charge in [-0.1, -0.05) is 15.9 Å². The highest BCUT2D eigenvalue weighted by atomic mass is 79.9. The number of hydrogen-bond donors (Lipinski definition) is 1. The second-order valence-corrected chi connectivity index (χ2v) is 6.37. The summed E-state index contributed by atoms with van der Waals surface area (Å²) in [6, 6.07) is 7.43. The highest BCUT2D eigenvalue weighted by Gasteiger charge is 2.12. The van der Waals surface area contributed by atoms with Crippen LogP contribution in [-0.4, -0.2) is 15.1 Å². The van der Waals surface area contributed by atoms with E-state index in [2.05, 4.69) is 57.8 Å². The minimum absolute atomic E-state index is 0.0996. The molecule has 0 aliphatic heterocycles. The summed E-state index contributed by atoms with van der Waals surface area (Å²) in [4.78, 5) is 8.97. The molecule has 2 aromatic carbocycles. The number of phenols is 1. The Kier molecular flexibility index (Phi) is 3.03. The van der Waals surface area contributed by atoms with Gasteiger partial charge in [-0.3, -0.25) is 0 Å². The smallest absolute Gasteiger partial charge is 0.157 e. The third-order valence-electron chi connectivity index (χ3n) is 2.56. The molecule has 0 unspecified atom stereocenters. The van der Waals surface area contributed by atoms with Gasteiger partial charge in [-0.05, 0) is 56.1 Å². The first-order chi connectivity index (χ1) is 8.56. The van der Waals surface area contributed by atoms with Crippen LogP contribution in [0.1, 0.15) is 0 Å². The Balaban J connectivity index is 2.52. The number of hydrogen-bond acceptors (Lipinski definition) is 3. The molecule has 0 saturated carbocycles. The lowest BCUT2D eigenvalue weighted by Crippen LogP contribution is -1.89. The van der Waals surface area contributed by atoms with Gasteiger partial charge in [0.1, 0.15) is 11.0 Å². The molecule has 0 aliphatic rings. The molecule has 0 atom stereocenters. The van der Waals surface area contributed by atoms with Gasteiger partial charge in [-0.2, -0.15) is 0 Å². The summed E-state index contributed by atoms with van der Waals surface area (Å²) in [5, 5.41) is 10.0. The van der Waals surface area contributed by atoms with Gasteiger partial charge < -0.3 is 5.11 Å². The highest BCUT2D eigenvalue weighted by molar-refractivity contribution is 9.11. The zero-order valence-corrected chi connectivity index (χ0v) is 13.5. The third-order valence-corrected chi connectivity index (χ3v) is 4.26. The minimum atomic E-state index is 0.0996. The van der Waals surface area contributed by atoms with Crippen LogP contribution in [-0.2, 0) is 0 Å². The zero-order chi connectivity index (χ0) is 12.9. The van der Waals surface area contributed by atoms with E-state index in [0.717, 1.165) is 20.0 Å². The van der Waals surface area contributed by atoms with Crippen molar-refractivity contribution in [2.75, 3.05) is 0 Å². The molecular formula is C12H5Br3N2O. The van der Waals surface area contributed by atoms with Crippen molar-refractivity contribution < 1.29 is 5.11 Å². The number of phenolic OH excluding ortho intramolecular Hbond substituents is 1. The molecule has 0 radical (unpaired) electrons. The fraction of sp³-hybridized carbons (Fsp3) is 0. The molecule has 1 aromatic heterocycles. The monoisotopic (exact) mass is 430 g/mol. The summed E-state index contributed by atoms with van der Waals surface area (Å²) in [7, 11) is 0. The van der Waals surface area contributed by atoms with Crippen molar-refractivity contribution in [3.8, 4) is 5.75 Å². The molecule has 6 heteroatoms. The first kappa shape index (κ1) is 12.3. The average Bonchev–Trinajstić information content (AvgIpc) is 2.34. The van der Waals surface area contributed by atoms with Gasteiger partial charge in [-0.15, -0.1) is 0 Å². The SMILES string of the molecule is Oc1c(Br)cc(Br)c2nc3ccc(Br)cc3nc12. The summed E-state index contributed by atoms with van der Waals surface area (Å²) >= 11 is 10.1. The highest BCUT2D eigenvalue weighted by Crippen LogP contribution is 2.36. The van der Waals surface area contributed by atoms with Gasteiger partial charge in [-0.25, -0.2) is 9.97 Å². The zero-order valence-electron chi connectivity index (χ0n) is 8.78. The molecule has 3 nitrogen and oxygen atoms in total. The number of rotatable bonds is 0. The number of aromatic hydroxyl groups is 1. The van der Waals surface area contributed by atoms with Crippen LogP contribution in [0.4, 0.5) is 0 Å². The molecular weight excluding hydrogens is 428 g/mol. The standard InChI is InChI=1S/C12H5Br3N2O/c13-5-1-2-8-9(3-5)17-11-10(16-8)6(14)4-7(15)12(11)18/h1-4,18H. The van der Waals surface area contributed by atoms with Crippen LogP contribution in [0.3, 0.4) is 0 Å². The van der Waals surface area contributed by atoms with Crippen molar-refractivity contribution in [1.29, 1.82) is 0 Å². The van der Waals surface area contributed by atoms with Crippen molar-refractivity contribution in [3.63, 3.8) is 0 Å². The van der Waals surface area contributed by atoms with Crippen LogP contribution >= 0.6 is 47.8 Å². The van der Waals surface area contributed by atoms with Crippen molar-refractivity contribution >= 4 is 69.9 Å². The lowest BCUT2D eigenvalue weighted by atomic mass is 10.2. The van der Waals surface area contributed by atoms with Gasteiger partial charge in [0, 0.05) is 8.95 Å². The maximum absolute atomic E-state index is 10.0. The van der Waals surface area contributed by atoms with Crippen molar-refractivity contribution in [1.82, 2.24) is 9.97 Å². The first-order valence-electron chi connectivity index (χ1n) is 5.00. The number of nitrogens with zero attached hydrogens (tertiary/aromatic N) is 2. The molecule has 1 N–H and O–H groups in total. The van der Waals surface area contributed by atoms with Crippen LogP contribution in [0.2, 0.25) is 0 Å².